The summed E-state index contributed by atoms with van der Waals surface area (Å²) in [6, 6.07) is 18.0. The van der Waals surface area contributed by atoms with E-state index in [1.54, 1.807) is 25.1 Å². The van der Waals surface area contributed by atoms with Crippen molar-refractivity contribution in [1.29, 1.82) is 0 Å². The minimum absolute atomic E-state index is 0.0630. The van der Waals surface area contributed by atoms with Crippen LogP contribution in [0, 0.1) is 0 Å². The fourth-order valence-corrected chi connectivity index (χ4v) is 8.32. The van der Waals surface area contributed by atoms with Gasteiger partial charge in [-0.25, -0.2) is 0 Å². The third-order valence-electron chi connectivity index (χ3n) is 9.99. The molecule has 7 rings (SSSR count). The number of amides is 1. The smallest absolute Gasteiger partial charge is 0.303 e. The van der Waals surface area contributed by atoms with Crippen molar-refractivity contribution in [2.24, 2.45) is 0 Å². The van der Waals surface area contributed by atoms with Crippen LogP contribution >= 0.6 is 46.4 Å². The van der Waals surface area contributed by atoms with E-state index in [-0.39, 0.29) is 36.1 Å². The van der Waals surface area contributed by atoms with Crippen LogP contribution in [0.25, 0.3) is 5.57 Å². The highest BCUT2D eigenvalue weighted by atomic mass is 35.5. The van der Waals surface area contributed by atoms with E-state index >= 15 is 0 Å². The maximum atomic E-state index is 14.5. The molecule has 0 aromatic heterocycles. The normalized spacial score (nSPS) is 22.4. The Bertz CT molecular complexity index is 1790. The molecule has 3 fully saturated rings. The lowest BCUT2D eigenvalue weighted by Crippen LogP contribution is -2.60. The summed E-state index contributed by atoms with van der Waals surface area (Å²) >= 11 is 26.1. The fourth-order valence-electron chi connectivity index (χ4n) is 7.34. The van der Waals surface area contributed by atoms with Gasteiger partial charge in [0.15, 0.2) is 5.75 Å². The standard InChI is InChI=1S/C38H40Cl4N4O4/c1-21(49-22(2)47)25-14-32(40)37(33(41)15-25)50-29-12-13-45(20-29)27-8-6-23(7-9-27)30-16-26-17-43-18-34(44-26)35(30)38(48)46(28-10-11-28)19-24-4-3-5-31(39)36(24)42/h3-9,14-15,21,26,28-29,34,43-44H,10-13,16-20H2,1-2H3/t21-,26-,29+,34-/m1/s1. The quantitative estimate of drug-likeness (QED) is 0.204. The fraction of sp³-hybridized carbons (Fsp3) is 0.421. The van der Waals surface area contributed by atoms with Crippen molar-refractivity contribution in [3.8, 4) is 5.75 Å². The lowest BCUT2D eigenvalue weighted by molar-refractivity contribution is -0.145. The average Bonchev–Trinajstić information content (AvgIpc) is 3.82. The van der Waals surface area contributed by atoms with Gasteiger partial charge in [0.05, 0.1) is 32.7 Å². The number of nitrogens with zero attached hydrogens (tertiary/aromatic N) is 2. The van der Waals surface area contributed by atoms with Crippen molar-refractivity contribution in [3.63, 3.8) is 0 Å². The molecule has 3 aromatic carbocycles. The summed E-state index contributed by atoms with van der Waals surface area (Å²) in [5, 5.41) is 8.99. The molecule has 12 heteroatoms. The first-order valence-corrected chi connectivity index (χ1v) is 18.7. The monoisotopic (exact) mass is 756 g/mol. The highest BCUT2D eigenvalue weighted by Crippen LogP contribution is 2.40. The van der Waals surface area contributed by atoms with Crippen molar-refractivity contribution >= 4 is 69.5 Å². The van der Waals surface area contributed by atoms with Crippen molar-refractivity contribution in [1.82, 2.24) is 15.5 Å². The molecule has 2 saturated heterocycles. The predicted molar refractivity (Wildman–Crippen MR) is 199 cm³/mol. The molecule has 3 aromatic rings. The highest BCUT2D eigenvalue weighted by Gasteiger charge is 2.41. The number of fused-ring (bicyclic) bond motifs is 2. The third-order valence-corrected chi connectivity index (χ3v) is 11.4. The van der Waals surface area contributed by atoms with Crippen molar-refractivity contribution in [2.45, 2.75) is 76.4 Å². The van der Waals surface area contributed by atoms with E-state index < -0.39 is 6.10 Å². The molecule has 1 amide bonds. The first-order valence-electron chi connectivity index (χ1n) is 17.2. The predicted octanol–water partition coefficient (Wildman–Crippen LogP) is 7.86. The SMILES string of the molecule is CC(=O)O[C@H](C)c1cc(Cl)c(O[C@H]2CCN(c3ccc(C4=C(C(=O)N(Cc5cccc(Cl)c5Cl)C5CC5)[C@H]5CNC[C@@H](C4)N5)cc3)C2)c(Cl)c1. The minimum Gasteiger partial charge on any atom is -0.485 e. The van der Waals surface area contributed by atoms with Gasteiger partial charge in [-0.2, -0.15) is 0 Å². The van der Waals surface area contributed by atoms with Crippen LogP contribution in [0.2, 0.25) is 20.1 Å². The van der Waals surface area contributed by atoms with Gasteiger partial charge < -0.3 is 29.9 Å². The average molecular weight is 759 g/mol. The van der Waals surface area contributed by atoms with Gasteiger partial charge in [-0.15, -0.1) is 0 Å². The largest absolute Gasteiger partial charge is 0.485 e. The Morgan fingerprint density at radius 3 is 2.42 bits per heavy atom. The molecule has 3 heterocycles. The summed E-state index contributed by atoms with van der Waals surface area (Å²) in [5.41, 5.74) is 5.66. The molecule has 0 spiro atoms. The maximum Gasteiger partial charge on any atom is 0.303 e. The molecular formula is C38H40Cl4N4O4. The number of carbonyl (C=O) groups is 2. The van der Waals surface area contributed by atoms with E-state index in [0.29, 0.717) is 51.0 Å². The van der Waals surface area contributed by atoms with Crippen LogP contribution in [0.4, 0.5) is 5.69 Å². The topological polar surface area (TPSA) is 83.1 Å². The van der Waals surface area contributed by atoms with Gasteiger partial charge in [-0.05, 0) is 78.8 Å². The van der Waals surface area contributed by atoms with Crippen LogP contribution in [-0.2, 0) is 20.9 Å². The molecule has 3 aliphatic heterocycles. The molecule has 8 nitrogen and oxygen atoms in total. The second-order valence-corrected chi connectivity index (χ2v) is 15.2. The van der Waals surface area contributed by atoms with Gasteiger partial charge in [0.25, 0.3) is 5.91 Å². The molecule has 1 saturated carbocycles. The summed E-state index contributed by atoms with van der Waals surface area (Å²) in [6.07, 6.45) is 2.96. The molecule has 0 radical (unpaired) electrons. The van der Waals surface area contributed by atoms with Crippen molar-refractivity contribution < 1.29 is 19.1 Å². The number of esters is 1. The second kappa shape index (κ2) is 14.9. The lowest BCUT2D eigenvalue weighted by Gasteiger charge is -2.41. The van der Waals surface area contributed by atoms with Gasteiger partial charge in [-0.1, -0.05) is 70.7 Å². The van der Waals surface area contributed by atoms with Crippen LogP contribution in [0.5, 0.6) is 5.75 Å². The number of hydrogen-bond acceptors (Lipinski definition) is 7. The Morgan fingerprint density at radius 2 is 1.72 bits per heavy atom. The van der Waals surface area contributed by atoms with Crippen LogP contribution in [-0.4, -0.2) is 67.2 Å². The second-order valence-electron chi connectivity index (χ2n) is 13.6. The zero-order valence-corrected chi connectivity index (χ0v) is 31.0. The Labute approximate surface area is 313 Å². The van der Waals surface area contributed by atoms with E-state index in [1.165, 1.54) is 6.92 Å². The number of anilines is 1. The molecule has 264 valence electrons. The molecule has 1 aliphatic carbocycles. The number of piperazine rings is 1. The van der Waals surface area contributed by atoms with E-state index in [1.807, 2.05) is 17.0 Å². The number of nitrogens with one attached hydrogen (secondary N) is 2. The Morgan fingerprint density at radius 1 is 0.980 bits per heavy atom. The van der Waals surface area contributed by atoms with E-state index in [4.69, 9.17) is 55.9 Å². The van der Waals surface area contributed by atoms with Gasteiger partial charge in [0.1, 0.15) is 12.2 Å². The zero-order valence-electron chi connectivity index (χ0n) is 28.0. The van der Waals surface area contributed by atoms with Crippen molar-refractivity contribution in [3.05, 3.63) is 97.0 Å². The first-order chi connectivity index (χ1) is 24.0. The van der Waals surface area contributed by atoms with Gasteiger partial charge in [-0.3, -0.25) is 9.59 Å². The van der Waals surface area contributed by atoms with Crippen molar-refractivity contribution in [2.75, 3.05) is 31.1 Å². The number of carbonyl (C=O) groups excluding carboxylic acids is 2. The molecule has 2 N–H and O–H groups in total. The summed E-state index contributed by atoms with van der Waals surface area (Å²) in [4.78, 5) is 30.2. The van der Waals surface area contributed by atoms with Gasteiger partial charge >= 0.3 is 5.97 Å². The molecule has 2 bridgehead atoms. The summed E-state index contributed by atoms with van der Waals surface area (Å²) in [6.45, 7) is 6.62. The third kappa shape index (κ3) is 7.62. The number of halogens is 4. The zero-order chi connectivity index (χ0) is 35.1. The Hall–Kier alpha value is -2.98. The van der Waals surface area contributed by atoms with Crippen LogP contribution < -0.4 is 20.3 Å². The Balaban J connectivity index is 1.09. The maximum absolute atomic E-state index is 14.5. The molecule has 50 heavy (non-hydrogen) atoms. The number of ether oxygens (including phenoxy) is 2. The number of rotatable bonds is 10. The van der Waals surface area contributed by atoms with E-state index in [9.17, 15) is 9.59 Å². The first kappa shape index (κ1) is 35.4. The van der Waals surface area contributed by atoms with Gasteiger partial charge in [0.2, 0.25) is 0 Å². The number of hydrogen-bond donors (Lipinski definition) is 2. The molecule has 4 atom stereocenters. The summed E-state index contributed by atoms with van der Waals surface area (Å²) in [5.74, 6) is 0.122. The minimum atomic E-state index is -0.474. The lowest BCUT2D eigenvalue weighted by atomic mass is 9.83. The molecule has 4 aliphatic rings. The highest BCUT2D eigenvalue weighted by molar-refractivity contribution is 6.42. The summed E-state index contributed by atoms with van der Waals surface area (Å²) < 4.78 is 11.6. The van der Waals surface area contributed by atoms with Crippen LogP contribution in [0.15, 0.2) is 60.2 Å². The van der Waals surface area contributed by atoms with Gasteiger partial charge in [0, 0.05) is 62.9 Å². The summed E-state index contributed by atoms with van der Waals surface area (Å²) in [7, 11) is 0. The van der Waals surface area contributed by atoms with Crippen LogP contribution in [0.3, 0.4) is 0 Å². The van der Waals surface area contributed by atoms with E-state index in [0.717, 1.165) is 66.7 Å². The number of benzene rings is 3. The van der Waals surface area contributed by atoms with E-state index in [2.05, 4.69) is 39.8 Å². The van der Waals surface area contributed by atoms with Crippen LogP contribution in [0.1, 0.15) is 62.3 Å². The Kier molecular flexibility index (Phi) is 10.6. The molecule has 0 unspecified atom stereocenters. The molecular weight excluding hydrogens is 718 g/mol.